The van der Waals surface area contributed by atoms with Crippen LogP contribution >= 0.6 is 0 Å². The van der Waals surface area contributed by atoms with E-state index in [9.17, 15) is 9.59 Å². The van der Waals surface area contributed by atoms with Crippen LogP contribution < -0.4 is 10.9 Å². The average molecular weight is 359 g/mol. The molecule has 7 nitrogen and oxygen atoms in total. The van der Waals surface area contributed by atoms with Crippen LogP contribution in [0, 0.1) is 13.8 Å². The van der Waals surface area contributed by atoms with Gasteiger partial charge in [-0.05, 0) is 32.4 Å². The van der Waals surface area contributed by atoms with Crippen molar-refractivity contribution in [2.24, 2.45) is 0 Å². The van der Waals surface area contributed by atoms with E-state index in [1.165, 1.54) is 36.4 Å². The zero-order valence-corrected chi connectivity index (χ0v) is 16.0. The molecule has 1 amide bonds. The van der Waals surface area contributed by atoms with Gasteiger partial charge in [0.15, 0.2) is 5.82 Å². The minimum atomic E-state index is -0.301. The second kappa shape index (κ2) is 9.89. The first-order valence-corrected chi connectivity index (χ1v) is 9.39. The lowest BCUT2D eigenvalue weighted by Gasteiger charge is -2.09. The van der Waals surface area contributed by atoms with E-state index in [0.717, 1.165) is 24.2 Å². The van der Waals surface area contributed by atoms with Crippen LogP contribution in [0.5, 0.6) is 0 Å². The monoisotopic (exact) mass is 359 g/mol. The highest BCUT2D eigenvalue weighted by atomic mass is 16.2. The molecule has 2 heterocycles. The predicted molar refractivity (Wildman–Crippen MR) is 101 cm³/mol. The van der Waals surface area contributed by atoms with Gasteiger partial charge in [-0.1, -0.05) is 39.0 Å². The van der Waals surface area contributed by atoms with Gasteiger partial charge in [-0.25, -0.2) is 9.36 Å². The highest BCUT2D eigenvalue weighted by Gasteiger charge is 2.10. The van der Waals surface area contributed by atoms with Crippen molar-refractivity contribution in [3.63, 3.8) is 0 Å². The Morgan fingerprint density at radius 2 is 1.81 bits per heavy atom. The minimum Gasteiger partial charge on any atom is -0.354 e. The van der Waals surface area contributed by atoms with Crippen LogP contribution in [0.3, 0.4) is 0 Å². The number of amides is 1. The molecule has 26 heavy (non-hydrogen) atoms. The lowest BCUT2D eigenvalue weighted by Crippen LogP contribution is -2.34. The Morgan fingerprint density at radius 3 is 2.50 bits per heavy atom. The molecular formula is C19H29N5O2. The number of carbonyl (C=O) groups is 1. The van der Waals surface area contributed by atoms with E-state index in [1.54, 1.807) is 10.7 Å². The Labute approximate surface area is 154 Å². The first-order valence-electron chi connectivity index (χ1n) is 9.39. The number of aryl methyl sites for hydroxylation is 2. The molecule has 142 valence electrons. The Balaban J connectivity index is 1.88. The van der Waals surface area contributed by atoms with Gasteiger partial charge in [-0.2, -0.15) is 5.10 Å². The van der Waals surface area contributed by atoms with Gasteiger partial charge in [0.1, 0.15) is 6.54 Å². The molecule has 0 aliphatic rings. The molecule has 0 unspecified atom stereocenters. The van der Waals surface area contributed by atoms with Crippen LogP contribution in [-0.4, -0.2) is 32.0 Å². The van der Waals surface area contributed by atoms with Crippen LogP contribution in [0.2, 0.25) is 0 Å². The molecule has 0 saturated heterocycles. The van der Waals surface area contributed by atoms with Crippen LogP contribution in [-0.2, 0) is 11.3 Å². The summed E-state index contributed by atoms with van der Waals surface area (Å²) in [6.45, 7) is 6.57. The standard InChI is InChI=1S/C19H29N5O2/c1-4-5-6-7-8-9-12-20-18(25)14-23-19(26)11-10-17(22-23)24-16(3)13-15(2)21-24/h10-11,13H,4-9,12,14H2,1-3H3,(H,20,25). The summed E-state index contributed by atoms with van der Waals surface area (Å²) in [6, 6.07) is 4.97. The third kappa shape index (κ3) is 5.82. The molecule has 0 bridgehead atoms. The third-order valence-corrected chi connectivity index (χ3v) is 4.23. The summed E-state index contributed by atoms with van der Waals surface area (Å²) in [4.78, 5) is 24.1. The highest BCUT2D eigenvalue weighted by Crippen LogP contribution is 2.08. The molecule has 1 N–H and O–H groups in total. The normalized spacial score (nSPS) is 10.9. The SMILES string of the molecule is CCCCCCCCNC(=O)Cn1nc(-n2nc(C)cc2C)ccc1=O. The number of aromatic nitrogens is 4. The lowest BCUT2D eigenvalue weighted by molar-refractivity contribution is -0.121. The zero-order valence-electron chi connectivity index (χ0n) is 16.0. The fourth-order valence-electron chi connectivity index (χ4n) is 2.85. The van der Waals surface area contributed by atoms with Crippen LogP contribution in [0.25, 0.3) is 5.82 Å². The van der Waals surface area contributed by atoms with Crippen molar-refractivity contribution in [2.75, 3.05) is 6.54 Å². The summed E-state index contributed by atoms with van der Waals surface area (Å²) in [5, 5.41) is 11.5. The molecule has 7 heteroatoms. The van der Waals surface area contributed by atoms with Gasteiger partial charge >= 0.3 is 0 Å². The molecule has 0 spiro atoms. The van der Waals surface area contributed by atoms with Crippen molar-refractivity contribution in [1.82, 2.24) is 24.9 Å². The van der Waals surface area contributed by atoms with Gasteiger partial charge in [-0.15, -0.1) is 5.10 Å². The van der Waals surface area contributed by atoms with Crippen LogP contribution in [0.15, 0.2) is 23.0 Å². The van der Waals surface area contributed by atoms with E-state index in [1.807, 2.05) is 19.9 Å². The molecule has 0 atom stereocenters. The third-order valence-electron chi connectivity index (χ3n) is 4.23. The topological polar surface area (TPSA) is 81.8 Å². The Kier molecular flexibility index (Phi) is 7.56. The summed E-state index contributed by atoms with van der Waals surface area (Å²) in [5.74, 6) is 0.331. The Morgan fingerprint density at radius 1 is 1.08 bits per heavy atom. The summed E-state index contributed by atoms with van der Waals surface area (Å²) in [6.07, 6.45) is 7.04. The van der Waals surface area contributed by atoms with Gasteiger partial charge in [0, 0.05) is 18.3 Å². The Hall–Kier alpha value is -2.44. The van der Waals surface area contributed by atoms with E-state index in [2.05, 4.69) is 22.4 Å². The quantitative estimate of drug-likeness (QED) is 0.661. The van der Waals surface area contributed by atoms with Crippen molar-refractivity contribution < 1.29 is 4.79 Å². The average Bonchev–Trinajstić information content (AvgIpc) is 2.94. The largest absolute Gasteiger partial charge is 0.354 e. The Bertz CT molecular complexity index is 778. The molecule has 0 radical (unpaired) electrons. The number of hydrogen-bond donors (Lipinski definition) is 1. The van der Waals surface area contributed by atoms with Crippen molar-refractivity contribution in [3.8, 4) is 5.82 Å². The first-order chi connectivity index (χ1) is 12.5. The molecule has 0 fully saturated rings. The molecule has 0 aliphatic carbocycles. The number of carbonyl (C=O) groups excluding carboxylic acids is 1. The van der Waals surface area contributed by atoms with E-state index < -0.39 is 0 Å². The summed E-state index contributed by atoms with van der Waals surface area (Å²) >= 11 is 0. The zero-order chi connectivity index (χ0) is 18.9. The molecule has 2 rings (SSSR count). The number of nitrogens with one attached hydrogen (secondary N) is 1. The fraction of sp³-hybridized carbons (Fsp3) is 0.579. The van der Waals surface area contributed by atoms with Gasteiger partial charge in [0.2, 0.25) is 5.91 Å². The second-order valence-electron chi connectivity index (χ2n) is 6.64. The number of unbranched alkanes of at least 4 members (excludes halogenated alkanes) is 5. The second-order valence-corrected chi connectivity index (χ2v) is 6.64. The minimum absolute atomic E-state index is 0.0815. The summed E-state index contributed by atoms with van der Waals surface area (Å²) in [7, 11) is 0. The maximum absolute atomic E-state index is 12.1. The first kappa shape index (κ1) is 19.9. The molecule has 0 saturated carbocycles. The molecule has 2 aromatic rings. The molecule has 0 aromatic carbocycles. The van der Waals surface area contributed by atoms with E-state index >= 15 is 0 Å². The molecule has 2 aromatic heterocycles. The van der Waals surface area contributed by atoms with Crippen LogP contribution in [0.4, 0.5) is 0 Å². The van der Waals surface area contributed by atoms with Crippen molar-refractivity contribution in [2.45, 2.75) is 65.8 Å². The maximum Gasteiger partial charge on any atom is 0.267 e. The molecular weight excluding hydrogens is 330 g/mol. The number of nitrogens with zero attached hydrogens (tertiary/aromatic N) is 4. The van der Waals surface area contributed by atoms with E-state index in [0.29, 0.717) is 12.4 Å². The van der Waals surface area contributed by atoms with Crippen molar-refractivity contribution >= 4 is 5.91 Å². The highest BCUT2D eigenvalue weighted by molar-refractivity contribution is 5.75. The lowest BCUT2D eigenvalue weighted by atomic mass is 10.1. The van der Waals surface area contributed by atoms with Crippen molar-refractivity contribution in [1.29, 1.82) is 0 Å². The smallest absolute Gasteiger partial charge is 0.267 e. The van der Waals surface area contributed by atoms with Crippen molar-refractivity contribution in [3.05, 3.63) is 39.9 Å². The predicted octanol–water partition coefficient (Wildman–Crippen LogP) is 2.52. The van der Waals surface area contributed by atoms with Gasteiger partial charge < -0.3 is 5.32 Å². The van der Waals surface area contributed by atoms with Gasteiger partial charge in [0.05, 0.1) is 5.69 Å². The van der Waals surface area contributed by atoms with Gasteiger partial charge in [0.25, 0.3) is 5.56 Å². The van der Waals surface area contributed by atoms with E-state index in [4.69, 9.17) is 0 Å². The number of rotatable bonds is 10. The fourth-order valence-corrected chi connectivity index (χ4v) is 2.85. The molecule has 0 aliphatic heterocycles. The van der Waals surface area contributed by atoms with E-state index in [-0.39, 0.29) is 18.0 Å². The summed E-state index contributed by atoms with van der Waals surface area (Å²) in [5.41, 5.74) is 1.50. The van der Waals surface area contributed by atoms with Gasteiger partial charge in [-0.3, -0.25) is 9.59 Å². The number of hydrogen-bond acceptors (Lipinski definition) is 4. The maximum atomic E-state index is 12.1. The summed E-state index contributed by atoms with van der Waals surface area (Å²) < 4.78 is 2.85. The van der Waals surface area contributed by atoms with Crippen LogP contribution in [0.1, 0.15) is 56.8 Å².